The maximum atomic E-state index is 11.5. The Balaban J connectivity index is 2.80. The lowest BCUT2D eigenvalue weighted by Crippen LogP contribution is -2.28. The molecule has 0 aromatic heterocycles. The number of carbonyl (C=O) groups is 3. The normalized spacial score (nSPS) is 9.89. The van der Waals surface area contributed by atoms with Gasteiger partial charge in [0, 0.05) is 18.4 Å². The van der Waals surface area contributed by atoms with Crippen molar-refractivity contribution in [2.75, 3.05) is 5.06 Å². The number of nitrogens with two attached hydrogens (primary N) is 1. The van der Waals surface area contributed by atoms with Gasteiger partial charge in [-0.1, -0.05) is 12.1 Å². The Kier molecular flexibility index (Phi) is 4.56. The van der Waals surface area contributed by atoms with Crippen LogP contribution in [0.25, 0.3) is 0 Å². The van der Waals surface area contributed by atoms with Crippen LogP contribution in [-0.2, 0) is 9.59 Å². The van der Waals surface area contributed by atoms with E-state index in [4.69, 9.17) is 5.73 Å². The van der Waals surface area contributed by atoms with Crippen molar-refractivity contribution < 1.29 is 19.6 Å². The fraction of sp³-hybridized carbons (Fsp3) is 0.250. The van der Waals surface area contributed by atoms with Crippen LogP contribution in [0.15, 0.2) is 24.3 Å². The first-order chi connectivity index (χ1) is 8.41. The van der Waals surface area contributed by atoms with Gasteiger partial charge in [-0.2, -0.15) is 5.06 Å². The summed E-state index contributed by atoms with van der Waals surface area (Å²) < 4.78 is 0. The van der Waals surface area contributed by atoms with Gasteiger partial charge in [0.05, 0.1) is 5.69 Å². The summed E-state index contributed by atoms with van der Waals surface area (Å²) in [6.07, 6.45) is -0.321. The lowest BCUT2D eigenvalue weighted by atomic mass is 10.1. The molecule has 0 unspecified atom stereocenters. The number of primary amides is 1. The highest BCUT2D eigenvalue weighted by molar-refractivity contribution is 5.97. The number of ketones is 1. The van der Waals surface area contributed by atoms with Crippen molar-refractivity contribution in [2.24, 2.45) is 5.73 Å². The Labute approximate surface area is 104 Å². The second-order valence-corrected chi connectivity index (χ2v) is 3.78. The highest BCUT2D eigenvalue weighted by Crippen LogP contribution is 2.16. The summed E-state index contributed by atoms with van der Waals surface area (Å²) in [7, 11) is 0. The molecule has 0 atom stereocenters. The summed E-state index contributed by atoms with van der Waals surface area (Å²) in [6, 6.07) is 6.00. The Morgan fingerprint density at radius 3 is 2.50 bits per heavy atom. The molecule has 0 fully saturated rings. The van der Waals surface area contributed by atoms with E-state index in [-0.39, 0.29) is 24.3 Å². The monoisotopic (exact) mass is 250 g/mol. The summed E-state index contributed by atoms with van der Waals surface area (Å²) in [5.74, 6) is -1.45. The average Bonchev–Trinajstić information content (AvgIpc) is 2.35. The topological polar surface area (TPSA) is 101 Å². The summed E-state index contributed by atoms with van der Waals surface area (Å²) in [5, 5.41) is 10.0. The third-order valence-electron chi connectivity index (χ3n) is 2.32. The highest BCUT2D eigenvalue weighted by Gasteiger charge is 2.14. The summed E-state index contributed by atoms with van der Waals surface area (Å²) >= 11 is 0. The van der Waals surface area contributed by atoms with Crippen molar-refractivity contribution in [3.05, 3.63) is 29.8 Å². The van der Waals surface area contributed by atoms with Crippen LogP contribution in [-0.4, -0.2) is 22.8 Å². The summed E-state index contributed by atoms with van der Waals surface area (Å²) in [5.41, 5.74) is 5.47. The summed E-state index contributed by atoms with van der Waals surface area (Å²) in [6.45, 7) is 1.38. The van der Waals surface area contributed by atoms with Gasteiger partial charge in [0.15, 0.2) is 5.78 Å². The minimum absolute atomic E-state index is 0.137. The minimum Gasteiger partial charge on any atom is -0.370 e. The largest absolute Gasteiger partial charge is 0.370 e. The van der Waals surface area contributed by atoms with Gasteiger partial charge in [-0.25, -0.2) is 0 Å². The van der Waals surface area contributed by atoms with E-state index in [9.17, 15) is 19.6 Å². The number of anilines is 1. The van der Waals surface area contributed by atoms with E-state index in [1.807, 2.05) is 0 Å². The van der Waals surface area contributed by atoms with Gasteiger partial charge in [-0.05, 0) is 19.1 Å². The van der Waals surface area contributed by atoms with E-state index < -0.39 is 11.8 Å². The molecule has 96 valence electrons. The first-order valence-electron chi connectivity index (χ1n) is 5.33. The molecule has 1 aromatic carbocycles. The van der Waals surface area contributed by atoms with Crippen molar-refractivity contribution in [1.29, 1.82) is 0 Å². The number of Topliss-reactive ketones (excluding diaryl/α,β-unsaturated/α-hetero) is 1. The Morgan fingerprint density at radius 2 is 1.94 bits per heavy atom. The number of rotatable bonds is 5. The van der Waals surface area contributed by atoms with E-state index in [0.29, 0.717) is 10.6 Å². The fourth-order valence-electron chi connectivity index (χ4n) is 1.34. The minimum atomic E-state index is -0.658. The Bertz CT molecular complexity index is 485. The smallest absolute Gasteiger partial charge is 0.251 e. The molecule has 2 amide bonds. The molecule has 0 aliphatic carbocycles. The van der Waals surface area contributed by atoms with E-state index in [1.54, 1.807) is 12.1 Å². The number of amides is 2. The summed E-state index contributed by atoms with van der Waals surface area (Å²) in [4.78, 5) is 33.2. The van der Waals surface area contributed by atoms with Crippen LogP contribution in [0, 0.1) is 0 Å². The zero-order chi connectivity index (χ0) is 13.7. The first kappa shape index (κ1) is 13.9. The number of benzene rings is 1. The van der Waals surface area contributed by atoms with Gasteiger partial charge < -0.3 is 5.73 Å². The first-order valence-corrected chi connectivity index (χ1v) is 5.33. The van der Waals surface area contributed by atoms with E-state index in [1.165, 1.54) is 19.1 Å². The Hall–Kier alpha value is -2.21. The van der Waals surface area contributed by atoms with Gasteiger partial charge in [0.1, 0.15) is 0 Å². The van der Waals surface area contributed by atoms with E-state index in [2.05, 4.69) is 0 Å². The number of hydroxylamine groups is 1. The predicted molar refractivity (Wildman–Crippen MR) is 64.1 cm³/mol. The number of nitrogens with zero attached hydrogens (tertiary/aromatic N) is 1. The van der Waals surface area contributed by atoms with E-state index in [0.717, 1.165) is 0 Å². The molecule has 6 heteroatoms. The zero-order valence-corrected chi connectivity index (χ0v) is 9.92. The molecule has 0 saturated carbocycles. The molecule has 3 N–H and O–H groups in total. The third-order valence-corrected chi connectivity index (χ3v) is 2.32. The molecular formula is C12H14N2O4. The van der Waals surface area contributed by atoms with Gasteiger partial charge in [0.25, 0.3) is 5.91 Å². The molecule has 18 heavy (non-hydrogen) atoms. The molecule has 1 rings (SSSR count). The van der Waals surface area contributed by atoms with Gasteiger partial charge in [-0.15, -0.1) is 0 Å². The second-order valence-electron chi connectivity index (χ2n) is 3.78. The van der Waals surface area contributed by atoms with Crippen LogP contribution >= 0.6 is 0 Å². The second kappa shape index (κ2) is 5.92. The van der Waals surface area contributed by atoms with Gasteiger partial charge in [0.2, 0.25) is 5.91 Å². The molecule has 1 aromatic rings. The predicted octanol–water partition coefficient (Wildman–Crippen LogP) is 0.877. The van der Waals surface area contributed by atoms with Gasteiger partial charge in [-0.3, -0.25) is 19.6 Å². The standard InChI is InChI=1S/C12H14N2O4/c1-8(15)9-3-2-4-10(7-9)14(18)12(17)6-5-11(13)16/h2-4,7,18H,5-6H2,1H3,(H2,13,16). The number of carbonyl (C=O) groups excluding carboxylic acids is 3. The zero-order valence-electron chi connectivity index (χ0n) is 9.92. The van der Waals surface area contributed by atoms with Crippen LogP contribution in [0.4, 0.5) is 5.69 Å². The van der Waals surface area contributed by atoms with Crippen LogP contribution in [0.2, 0.25) is 0 Å². The van der Waals surface area contributed by atoms with Crippen LogP contribution < -0.4 is 10.8 Å². The molecule has 0 heterocycles. The molecule has 0 bridgehead atoms. The van der Waals surface area contributed by atoms with Crippen LogP contribution in [0.5, 0.6) is 0 Å². The average molecular weight is 250 g/mol. The van der Waals surface area contributed by atoms with E-state index >= 15 is 0 Å². The fourth-order valence-corrected chi connectivity index (χ4v) is 1.34. The lowest BCUT2D eigenvalue weighted by molar-refractivity contribution is -0.126. The lowest BCUT2D eigenvalue weighted by Gasteiger charge is -2.15. The third kappa shape index (κ3) is 3.67. The number of hydrogen-bond donors (Lipinski definition) is 2. The molecule has 0 saturated heterocycles. The molecule has 0 radical (unpaired) electrons. The van der Waals surface area contributed by atoms with Crippen molar-refractivity contribution in [2.45, 2.75) is 19.8 Å². The van der Waals surface area contributed by atoms with Crippen molar-refractivity contribution >= 4 is 23.3 Å². The van der Waals surface area contributed by atoms with Crippen molar-refractivity contribution in [3.63, 3.8) is 0 Å². The maximum Gasteiger partial charge on any atom is 0.251 e. The highest BCUT2D eigenvalue weighted by atomic mass is 16.5. The van der Waals surface area contributed by atoms with Crippen molar-refractivity contribution in [1.82, 2.24) is 0 Å². The van der Waals surface area contributed by atoms with Gasteiger partial charge >= 0.3 is 0 Å². The SMILES string of the molecule is CC(=O)c1cccc(N(O)C(=O)CCC(N)=O)c1. The molecule has 0 aliphatic heterocycles. The maximum absolute atomic E-state index is 11.5. The van der Waals surface area contributed by atoms with Crippen LogP contribution in [0.3, 0.4) is 0 Å². The molecule has 6 nitrogen and oxygen atoms in total. The molecular weight excluding hydrogens is 236 g/mol. The van der Waals surface area contributed by atoms with Crippen molar-refractivity contribution in [3.8, 4) is 0 Å². The molecule has 0 aliphatic rings. The quantitative estimate of drug-likeness (QED) is 0.460. The number of hydrogen-bond acceptors (Lipinski definition) is 4. The Morgan fingerprint density at radius 1 is 1.28 bits per heavy atom. The molecule has 0 spiro atoms. The van der Waals surface area contributed by atoms with Crippen LogP contribution in [0.1, 0.15) is 30.1 Å².